The molecule has 0 bridgehead atoms. The van der Waals surface area contributed by atoms with Crippen molar-refractivity contribution in [2.24, 2.45) is 10.6 Å². The summed E-state index contributed by atoms with van der Waals surface area (Å²) in [5, 5.41) is 3.81. The molecule has 0 saturated carbocycles. The second-order valence-corrected chi connectivity index (χ2v) is 3.11. The van der Waals surface area contributed by atoms with Crippen molar-refractivity contribution in [1.29, 1.82) is 0 Å². The fourth-order valence-corrected chi connectivity index (χ4v) is 0.274. The number of nitrogens with zero attached hydrogens (tertiary/aromatic N) is 1. The van der Waals surface area contributed by atoms with Gasteiger partial charge in [0.1, 0.15) is 7.11 Å². The van der Waals surface area contributed by atoms with Gasteiger partial charge in [0.15, 0.2) is 0 Å². The first-order valence-electron chi connectivity index (χ1n) is 3.06. The molecule has 0 rings (SSSR count). The van der Waals surface area contributed by atoms with E-state index in [-0.39, 0.29) is 5.41 Å². The standard InChI is InChI=1S/C7H15NO/c1-6(8-9-5)7(2,3)4/h1-5H3/b8-6+. The molecule has 0 aliphatic rings. The van der Waals surface area contributed by atoms with Crippen LogP contribution in [-0.4, -0.2) is 12.8 Å². The van der Waals surface area contributed by atoms with Gasteiger partial charge in [-0.2, -0.15) is 0 Å². The number of rotatable bonds is 1. The molecule has 54 valence electrons. The highest BCUT2D eigenvalue weighted by atomic mass is 16.6. The normalized spacial score (nSPS) is 13.7. The fraction of sp³-hybridized carbons (Fsp3) is 0.857. The first-order chi connectivity index (χ1) is 3.98. The molecule has 9 heavy (non-hydrogen) atoms. The summed E-state index contributed by atoms with van der Waals surface area (Å²) in [5.74, 6) is 0. The largest absolute Gasteiger partial charge is 0.399 e. The molecule has 0 aromatic carbocycles. The van der Waals surface area contributed by atoms with E-state index in [0.29, 0.717) is 0 Å². The van der Waals surface area contributed by atoms with Crippen LogP contribution in [0.15, 0.2) is 5.16 Å². The van der Waals surface area contributed by atoms with Crippen LogP contribution in [-0.2, 0) is 4.84 Å². The molecule has 0 fully saturated rings. The minimum absolute atomic E-state index is 0.135. The smallest absolute Gasteiger partial charge is 0.106 e. The Morgan fingerprint density at radius 3 is 1.89 bits per heavy atom. The molecule has 0 saturated heterocycles. The lowest BCUT2D eigenvalue weighted by Gasteiger charge is -2.16. The third kappa shape index (κ3) is 3.12. The summed E-state index contributed by atoms with van der Waals surface area (Å²) in [7, 11) is 1.56. The van der Waals surface area contributed by atoms with Gasteiger partial charge in [-0.3, -0.25) is 0 Å². The molecule has 0 aromatic rings. The van der Waals surface area contributed by atoms with Crippen LogP contribution in [0, 0.1) is 5.41 Å². The van der Waals surface area contributed by atoms with Gasteiger partial charge in [0.25, 0.3) is 0 Å². The summed E-state index contributed by atoms with van der Waals surface area (Å²) < 4.78 is 0. The zero-order valence-corrected chi connectivity index (χ0v) is 6.86. The molecule has 0 N–H and O–H groups in total. The van der Waals surface area contributed by atoms with Gasteiger partial charge >= 0.3 is 0 Å². The number of hydrogen-bond donors (Lipinski definition) is 0. The lowest BCUT2D eigenvalue weighted by atomic mass is 9.91. The van der Waals surface area contributed by atoms with Gasteiger partial charge in [0, 0.05) is 5.41 Å². The number of oxime groups is 1. The Morgan fingerprint density at radius 2 is 1.78 bits per heavy atom. The maximum atomic E-state index is 4.62. The van der Waals surface area contributed by atoms with Crippen LogP contribution in [0.3, 0.4) is 0 Å². The van der Waals surface area contributed by atoms with Crippen molar-refractivity contribution in [2.45, 2.75) is 27.7 Å². The molecule has 0 aromatic heterocycles. The Kier molecular flexibility index (Phi) is 2.68. The van der Waals surface area contributed by atoms with Crippen LogP contribution in [0.25, 0.3) is 0 Å². The van der Waals surface area contributed by atoms with E-state index in [1.54, 1.807) is 7.11 Å². The second kappa shape index (κ2) is 2.85. The summed E-state index contributed by atoms with van der Waals surface area (Å²) in [6, 6.07) is 0. The fourth-order valence-electron chi connectivity index (χ4n) is 0.274. The molecule has 2 heteroatoms. The van der Waals surface area contributed by atoms with E-state index in [2.05, 4.69) is 30.8 Å². The molecule has 0 aliphatic carbocycles. The van der Waals surface area contributed by atoms with E-state index in [0.717, 1.165) is 5.71 Å². The minimum atomic E-state index is 0.135. The highest BCUT2D eigenvalue weighted by Crippen LogP contribution is 2.15. The van der Waals surface area contributed by atoms with E-state index < -0.39 is 0 Å². The molecule has 0 atom stereocenters. The SMILES string of the molecule is CO/N=C(\C)C(C)(C)C. The van der Waals surface area contributed by atoms with Crippen molar-refractivity contribution in [2.75, 3.05) is 7.11 Å². The van der Waals surface area contributed by atoms with Crippen molar-refractivity contribution >= 4 is 5.71 Å². The van der Waals surface area contributed by atoms with Crippen molar-refractivity contribution < 1.29 is 4.84 Å². The average Bonchev–Trinajstić information content (AvgIpc) is 1.64. The predicted molar refractivity (Wildman–Crippen MR) is 39.6 cm³/mol. The lowest BCUT2D eigenvalue weighted by Crippen LogP contribution is -2.16. The molecular formula is C7H15NO. The summed E-state index contributed by atoms with van der Waals surface area (Å²) in [6.45, 7) is 8.27. The van der Waals surface area contributed by atoms with Crippen LogP contribution >= 0.6 is 0 Å². The summed E-state index contributed by atoms with van der Waals surface area (Å²) >= 11 is 0. The van der Waals surface area contributed by atoms with Crippen LogP contribution in [0.5, 0.6) is 0 Å². The Balaban J connectivity index is 4.03. The third-order valence-electron chi connectivity index (χ3n) is 1.31. The number of hydrogen-bond acceptors (Lipinski definition) is 2. The quantitative estimate of drug-likeness (QED) is 0.392. The third-order valence-corrected chi connectivity index (χ3v) is 1.31. The first-order valence-corrected chi connectivity index (χ1v) is 3.06. The van der Waals surface area contributed by atoms with E-state index >= 15 is 0 Å². The van der Waals surface area contributed by atoms with Gasteiger partial charge < -0.3 is 4.84 Å². The molecule has 0 spiro atoms. The van der Waals surface area contributed by atoms with Crippen LogP contribution < -0.4 is 0 Å². The second-order valence-electron chi connectivity index (χ2n) is 3.11. The first kappa shape index (κ1) is 8.47. The van der Waals surface area contributed by atoms with Gasteiger partial charge in [0.2, 0.25) is 0 Å². The van der Waals surface area contributed by atoms with E-state index in [1.807, 2.05) is 6.92 Å². The van der Waals surface area contributed by atoms with Crippen molar-refractivity contribution in [1.82, 2.24) is 0 Å². The minimum Gasteiger partial charge on any atom is -0.399 e. The van der Waals surface area contributed by atoms with E-state index in [9.17, 15) is 0 Å². The topological polar surface area (TPSA) is 21.6 Å². The molecular weight excluding hydrogens is 114 g/mol. The maximum Gasteiger partial charge on any atom is 0.106 e. The highest BCUT2D eigenvalue weighted by molar-refractivity contribution is 5.86. The lowest BCUT2D eigenvalue weighted by molar-refractivity contribution is 0.209. The van der Waals surface area contributed by atoms with Crippen LogP contribution in [0.4, 0.5) is 0 Å². The van der Waals surface area contributed by atoms with Gasteiger partial charge in [-0.15, -0.1) is 0 Å². The molecule has 2 nitrogen and oxygen atoms in total. The zero-order chi connectivity index (χ0) is 7.49. The van der Waals surface area contributed by atoms with Crippen LogP contribution in [0.1, 0.15) is 27.7 Å². The molecule has 0 radical (unpaired) electrons. The van der Waals surface area contributed by atoms with Crippen LogP contribution in [0.2, 0.25) is 0 Å². The average molecular weight is 129 g/mol. The molecule has 0 amide bonds. The Labute approximate surface area is 56.9 Å². The molecule has 0 aliphatic heterocycles. The highest BCUT2D eigenvalue weighted by Gasteiger charge is 2.14. The van der Waals surface area contributed by atoms with Crippen molar-refractivity contribution in [3.63, 3.8) is 0 Å². The zero-order valence-electron chi connectivity index (χ0n) is 6.86. The van der Waals surface area contributed by atoms with Gasteiger partial charge in [-0.1, -0.05) is 25.9 Å². The summed E-state index contributed by atoms with van der Waals surface area (Å²) in [4.78, 5) is 4.62. The van der Waals surface area contributed by atoms with Crippen molar-refractivity contribution in [3.05, 3.63) is 0 Å². The Morgan fingerprint density at radius 1 is 1.33 bits per heavy atom. The van der Waals surface area contributed by atoms with Gasteiger partial charge in [-0.05, 0) is 6.92 Å². The molecule has 0 unspecified atom stereocenters. The maximum absolute atomic E-state index is 4.62. The summed E-state index contributed by atoms with van der Waals surface area (Å²) in [6.07, 6.45) is 0. The van der Waals surface area contributed by atoms with Gasteiger partial charge in [0.05, 0.1) is 5.71 Å². The predicted octanol–water partition coefficient (Wildman–Crippen LogP) is 2.05. The summed E-state index contributed by atoms with van der Waals surface area (Å²) in [5.41, 5.74) is 1.15. The Hall–Kier alpha value is -0.530. The Bertz CT molecular complexity index is 111. The monoisotopic (exact) mass is 129 g/mol. The van der Waals surface area contributed by atoms with E-state index in [4.69, 9.17) is 0 Å². The van der Waals surface area contributed by atoms with E-state index in [1.165, 1.54) is 0 Å². The van der Waals surface area contributed by atoms with Crippen molar-refractivity contribution in [3.8, 4) is 0 Å². The molecule has 0 heterocycles. The van der Waals surface area contributed by atoms with Gasteiger partial charge in [-0.25, -0.2) is 0 Å².